The van der Waals surface area contributed by atoms with Crippen molar-refractivity contribution < 1.29 is 9.90 Å². The topological polar surface area (TPSA) is 40.5 Å². The second kappa shape index (κ2) is 6.50. The average molecular weight is 287 g/mol. The Bertz CT molecular complexity index is 506. The zero-order valence-electron chi connectivity index (χ0n) is 12.7. The number of hydrogen-bond donors (Lipinski definition) is 1. The molecular formula is C18H25NO2. The van der Waals surface area contributed by atoms with Gasteiger partial charge in [0, 0.05) is 19.5 Å². The lowest BCUT2D eigenvalue weighted by molar-refractivity contribution is -0.132. The maximum atomic E-state index is 12.4. The summed E-state index contributed by atoms with van der Waals surface area (Å²) in [5.74, 6) is 1.35. The van der Waals surface area contributed by atoms with Gasteiger partial charge in [-0.3, -0.25) is 4.79 Å². The van der Waals surface area contributed by atoms with Gasteiger partial charge in [0.05, 0.1) is 0 Å². The fourth-order valence-electron chi connectivity index (χ4n) is 3.72. The van der Waals surface area contributed by atoms with Crippen LogP contribution in [0.3, 0.4) is 0 Å². The molecule has 21 heavy (non-hydrogen) atoms. The Labute approximate surface area is 127 Å². The third kappa shape index (κ3) is 3.58. The van der Waals surface area contributed by atoms with E-state index in [-0.39, 0.29) is 5.91 Å². The number of aromatic hydroxyl groups is 1. The molecule has 1 fully saturated rings. The van der Waals surface area contributed by atoms with Crippen LogP contribution in [0.1, 0.15) is 56.1 Å². The van der Waals surface area contributed by atoms with Crippen molar-refractivity contribution >= 4 is 5.91 Å². The summed E-state index contributed by atoms with van der Waals surface area (Å²) in [6.45, 7) is 1.48. The minimum absolute atomic E-state index is 0.287. The molecule has 1 amide bonds. The Hall–Kier alpha value is -1.51. The van der Waals surface area contributed by atoms with Crippen LogP contribution in [-0.2, 0) is 17.8 Å². The first kappa shape index (κ1) is 14.4. The van der Waals surface area contributed by atoms with E-state index in [1.54, 1.807) is 12.1 Å². The summed E-state index contributed by atoms with van der Waals surface area (Å²) in [6, 6.07) is 5.52. The maximum absolute atomic E-state index is 12.4. The number of fused-ring (bicyclic) bond motifs is 1. The van der Waals surface area contributed by atoms with Crippen LogP contribution in [0, 0.1) is 5.92 Å². The van der Waals surface area contributed by atoms with Gasteiger partial charge < -0.3 is 10.0 Å². The van der Waals surface area contributed by atoms with Gasteiger partial charge in [0.2, 0.25) is 5.91 Å². The van der Waals surface area contributed by atoms with E-state index in [1.165, 1.54) is 37.7 Å². The number of carbonyl (C=O) groups is 1. The Kier molecular flexibility index (Phi) is 4.47. The summed E-state index contributed by atoms with van der Waals surface area (Å²) in [6.07, 6.45) is 9.33. The summed E-state index contributed by atoms with van der Waals surface area (Å²) in [7, 11) is 0. The van der Waals surface area contributed by atoms with E-state index in [2.05, 4.69) is 0 Å². The first-order valence-corrected chi connectivity index (χ1v) is 8.31. The van der Waals surface area contributed by atoms with Crippen molar-refractivity contribution in [3.8, 4) is 5.75 Å². The summed E-state index contributed by atoms with van der Waals surface area (Å²) in [4.78, 5) is 14.4. The smallest absolute Gasteiger partial charge is 0.222 e. The number of carbonyl (C=O) groups excluding carboxylic acids is 1. The quantitative estimate of drug-likeness (QED) is 0.922. The predicted octanol–water partition coefficient (Wildman–Crippen LogP) is 3.64. The van der Waals surface area contributed by atoms with E-state index < -0.39 is 0 Å². The molecule has 0 aromatic heterocycles. The number of hydrogen-bond acceptors (Lipinski definition) is 2. The number of amides is 1. The normalized spacial score (nSPS) is 19.3. The second-order valence-corrected chi connectivity index (χ2v) is 6.56. The minimum atomic E-state index is 0.287. The zero-order chi connectivity index (χ0) is 14.7. The molecule has 0 radical (unpaired) electrons. The SMILES string of the molecule is O=C(CCC1CCCCC1)N1CCc2ccc(O)cc2C1. The maximum Gasteiger partial charge on any atom is 0.222 e. The summed E-state index contributed by atoms with van der Waals surface area (Å²) in [5, 5.41) is 9.58. The lowest BCUT2D eigenvalue weighted by Gasteiger charge is -2.30. The molecule has 114 valence electrons. The van der Waals surface area contributed by atoms with Crippen LogP contribution >= 0.6 is 0 Å². The molecule has 1 heterocycles. The van der Waals surface area contributed by atoms with Crippen LogP contribution in [0.5, 0.6) is 5.75 Å². The van der Waals surface area contributed by atoms with Gasteiger partial charge >= 0.3 is 0 Å². The summed E-state index contributed by atoms with van der Waals surface area (Å²) < 4.78 is 0. The van der Waals surface area contributed by atoms with E-state index in [1.807, 2.05) is 11.0 Å². The highest BCUT2D eigenvalue weighted by Gasteiger charge is 2.22. The first-order chi connectivity index (χ1) is 10.2. The van der Waals surface area contributed by atoms with Crippen molar-refractivity contribution in [2.75, 3.05) is 6.54 Å². The van der Waals surface area contributed by atoms with Crippen molar-refractivity contribution in [1.82, 2.24) is 4.90 Å². The molecule has 3 nitrogen and oxygen atoms in total. The number of phenolic OH excluding ortho intramolecular Hbond substituents is 1. The highest BCUT2D eigenvalue weighted by Crippen LogP contribution is 2.28. The van der Waals surface area contributed by atoms with Crippen LogP contribution in [0.15, 0.2) is 18.2 Å². The molecule has 3 rings (SSSR count). The highest BCUT2D eigenvalue weighted by molar-refractivity contribution is 5.76. The largest absolute Gasteiger partial charge is 0.508 e. The van der Waals surface area contributed by atoms with Gasteiger partial charge in [-0.15, -0.1) is 0 Å². The van der Waals surface area contributed by atoms with E-state index in [0.29, 0.717) is 18.7 Å². The van der Waals surface area contributed by atoms with E-state index in [0.717, 1.165) is 30.9 Å². The van der Waals surface area contributed by atoms with Gasteiger partial charge in [0.15, 0.2) is 0 Å². The molecule has 1 saturated carbocycles. The number of phenols is 1. The minimum Gasteiger partial charge on any atom is -0.508 e. The molecule has 2 aliphatic rings. The molecule has 1 aromatic rings. The van der Waals surface area contributed by atoms with Crippen LogP contribution in [0.4, 0.5) is 0 Å². The second-order valence-electron chi connectivity index (χ2n) is 6.56. The number of benzene rings is 1. The average Bonchev–Trinajstić information content (AvgIpc) is 2.53. The number of rotatable bonds is 3. The molecule has 1 aliphatic carbocycles. The lowest BCUT2D eigenvalue weighted by Crippen LogP contribution is -2.36. The molecule has 0 unspecified atom stereocenters. The van der Waals surface area contributed by atoms with Crippen molar-refractivity contribution in [2.45, 2.75) is 57.9 Å². The zero-order valence-corrected chi connectivity index (χ0v) is 12.7. The molecule has 1 aliphatic heterocycles. The van der Waals surface area contributed by atoms with Crippen LogP contribution in [0.25, 0.3) is 0 Å². The summed E-state index contributed by atoms with van der Waals surface area (Å²) in [5.41, 5.74) is 2.37. The van der Waals surface area contributed by atoms with Gasteiger partial charge in [0.1, 0.15) is 5.75 Å². The van der Waals surface area contributed by atoms with Crippen molar-refractivity contribution in [2.24, 2.45) is 5.92 Å². The highest BCUT2D eigenvalue weighted by atomic mass is 16.3. The Morgan fingerprint density at radius 2 is 2.00 bits per heavy atom. The first-order valence-electron chi connectivity index (χ1n) is 8.31. The van der Waals surface area contributed by atoms with Crippen molar-refractivity contribution in [3.05, 3.63) is 29.3 Å². The van der Waals surface area contributed by atoms with E-state index in [4.69, 9.17) is 0 Å². The van der Waals surface area contributed by atoms with Crippen LogP contribution in [0.2, 0.25) is 0 Å². The van der Waals surface area contributed by atoms with Crippen LogP contribution < -0.4 is 0 Å². The molecule has 0 atom stereocenters. The monoisotopic (exact) mass is 287 g/mol. The van der Waals surface area contributed by atoms with Crippen molar-refractivity contribution in [1.29, 1.82) is 0 Å². The van der Waals surface area contributed by atoms with Gasteiger partial charge in [-0.1, -0.05) is 38.2 Å². The standard InChI is InChI=1S/C18H25NO2/c20-17-8-7-15-10-11-19(13-16(15)12-17)18(21)9-6-14-4-2-1-3-5-14/h7-8,12,14,20H,1-6,9-11,13H2. The fraction of sp³-hybridized carbons (Fsp3) is 0.611. The van der Waals surface area contributed by atoms with Gasteiger partial charge in [-0.2, -0.15) is 0 Å². The molecule has 0 bridgehead atoms. The lowest BCUT2D eigenvalue weighted by atomic mass is 9.86. The molecular weight excluding hydrogens is 262 g/mol. The molecule has 0 spiro atoms. The van der Waals surface area contributed by atoms with Gasteiger partial charge in [-0.25, -0.2) is 0 Å². The molecule has 1 N–H and O–H groups in total. The van der Waals surface area contributed by atoms with E-state index in [9.17, 15) is 9.90 Å². The Morgan fingerprint density at radius 1 is 1.19 bits per heavy atom. The third-order valence-electron chi connectivity index (χ3n) is 5.05. The van der Waals surface area contributed by atoms with Crippen LogP contribution in [-0.4, -0.2) is 22.5 Å². The number of nitrogens with zero attached hydrogens (tertiary/aromatic N) is 1. The van der Waals surface area contributed by atoms with Gasteiger partial charge in [-0.05, 0) is 42.0 Å². The third-order valence-corrected chi connectivity index (χ3v) is 5.05. The summed E-state index contributed by atoms with van der Waals surface area (Å²) >= 11 is 0. The van der Waals surface area contributed by atoms with Crippen molar-refractivity contribution in [3.63, 3.8) is 0 Å². The van der Waals surface area contributed by atoms with Gasteiger partial charge in [0.25, 0.3) is 0 Å². The van der Waals surface area contributed by atoms with E-state index >= 15 is 0 Å². The molecule has 0 saturated heterocycles. The fourth-order valence-corrected chi connectivity index (χ4v) is 3.72. The Balaban J connectivity index is 1.54. The molecule has 1 aromatic carbocycles. The predicted molar refractivity (Wildman–Crippen MR) is 83.0 cm³/mol. The Morgan fingerprint density at radius 3 is 2.81 bits per heavy atom. The molecule has 3 heteroatoms.